The van der Waals surface area contributed by atoms with Crippen molar-refractivity contribution in [2.24, 2.45) is 0 Å². The first-order chi connectivity index (χ1) is 17.5. The largest absolute Gasteiger partial charge is 0.497 e. The van der Waals surface area contributed by atoms with Crippen LogP contribution in [0.4, 0.5) is 0 Å². The lowest BCUT2D eigenvalue weighted by molar-refractivity contribution is 0.0937. The fourth-order valence-corrected chi connectivity index (χ4v) is 4.60. The molecule has 1 N–H and O–H groups in total. The van der Waals surface area contributed by atoms with E-state index in [0.717, 1.165) is 11.1 Å². The van der Waals surface area contributed by atoms with E-state index in [2.05, 4.69) is 11.9 Å². The number of methoxy groups -OCH3 is 2. The molecule has 0 atom stereocenters. The summed E-state index contributed by atoms with van der Waals surface area (Å²) in [5.41, 5.74) is 3.51. The van der Waals surface area contributed by atoms with Crippen LogP contribution in [0.1, 0.15) is 21.5 Å². The van der Waals surface area contributed by atoms with Crippen molar-refractivity contribution < 1.29 is 14.3 Å². The van der Waals surface area contributed by atoms with E-state index in [0.29, 0.717) is 52.0 Å². The van der Waals surface area contributed by atoms with E-state index in [-0.39, 0.29) is 11.5 Å². The van der Waals surface area contributed by atoms with Gasteiger partial charge in [0.05, 0.1) is 30.3 Å². The van der Waals surface area contributed by atoms with Crippen molar-refractivity contribution in [3.63, 3.8) is 0 Å². The van der Waals surface area contributed by atoms with Crippen molar-refractivity contribution in [3.05, 3.63) is 100 Å². The molecule has 4 aromatic rings. The average molecular weight is 502 g/mol. The number of benzene rings is 3. The molecule has 0 saturated heterocycles. The van der Waals surface area contributed by atoms with E-state index >= 15 is 0 Å². The van der Waals surface area contributed by atoms with Crippen LogP contribution in [0.15, 0.2) is 83.3 Å². The maximum atomic E-state index is 13.6. The molecule has 4 rings (SSSR count). The third kappa shape index (κ3) is 5.67. The molecule has 8 heteroatoms. The van der Waals surface area contributed by atoms with Gasteiger partial charge in [-0.05, 0) is 53.6 Å². The number of carbonyl (C=O) groups is 1. The quantitative estimate of drug-likeness (QED) is 0.193. The van der Waals surface area contributed by atoms with Gasteiger partial charge in [-0.15, -0.1) is 0 Å². The molecule has 0 aliphatic rings. The number of amides is 1. The van der Waals surface area contributed by atoms with Gasteiger partial charge in [-0.2, -0.15) is 0 Å². The molecule has 0 unspecified atom stereocenters. The molecule has 0 aliphatic heterocycles. The molecule has 1 aromatic heterocycles. The molecule has 0 bridgehead atoms. The van der Waals surface area contributed by atoms with Crippen LogP contribution < -0.4 is 15.6 Å². The van der Waals surface area contributed by atoms with Crippen LogP contribution in [0.3, 0.4) is 0 Å². The highest BCUT2D eigenvalue weighted by Gasteiger charge is 2.16. The predicted molar refractivity (Wildman–Crippen MR) is 144 cm³/mol. The lowest BCUT2D eigenvalue weighted by Crippen LogP contribution is -2.27. The van der Waals surface area contributed by atoms with E-state index < -0.39 is 0 Å². The fraction of sp³-hybridized carbons (Fsp3) is 0.179. The third-order valence-electron chi connectivity index (χ3n) is 5.61. The van der Waals surface area contributed by atoms with Crippen molar-refractivity contribution in [1.29, 1.82) is 0 Å². The molecule has 7 nitrogen and oxygen atoms in total. The van der Waals surface area contributed by atoms with Crippen LogP contribution >= 0.6 is 11.8 Å². The Morgan fingerprint density at radius 3 is 2.50 bits per heavy atom. The van der Waals surface area contributed by atoms with Gasteiger partial charge in [-0.3, -0.25) is 14.2 Å². The second-order valence-corrected chi connectivity index (χ2v) is 8.89. The summed E-state index contributed by atoms with van der Waals surface area (Å²) in [5, 5.41) is 3.76. The Balaban J connectivity index is 1.75. The number of ether oxygens (including phenoxy) is 2. The number of hydrogen-bond acceptors (Lipinski definition) is 6. The first-order valence-corrected chi connectivity index (χ1v) is 12.3. The van der Waals surface area contributed by atoms with E-state index in [1.807, 2.05) is 48.5 Å². The average Bonchev–Trinajstić information content (AvgIpc) is 2.92. The Morgan fingerprint density at radius 1 is 1.08 bits per heavy atom. The third-order valence-corrected chi connectivity index (χ3v) is 6.62. The highest BCUT2D eigenvalue weighted by molar-refractivity contribution is 7.98. The number of thioether (sulfide) groups is 1. The first kappa shape index (κ1) is 25.2. The van der Waals surface area contributed by atoms with Crippen LogP contribution in [-0.2, 0) is 10.5 Å². The Bertz CT molecular complexity index is 1430. The second-order valence-electron chi connectivity index (χ2n) is 7.95. The number of nitrogens with zero attached hydrogens (tertiary/aromatic N) is 2. The predicted octanol–water partition coefficient (Wildman–Crippen LogP) is 4.71. The van der Waals surface area contributed by atoms with Crippen LogP contribution in [-0.4, -0.2) is 42.8 Å². The summed E-state index contributed by atoms with van der Waals surface area (Å²) < 4.78 is 11.9. The van der Waals surface area contributed by atoms with Crippen LogP contribution in [0.5, 0.6) is 5.75 Å². The standard InChI is InChI=1S/C28H27N3O4S/c1-4-19-5-7-20(8-6-19)18-36-28-30-25-17-21(26(32)29-15-16-34-2)9-14-24(25)27(33)31(28)22-10-12-23(35-3)13-11-22/h4-14,17H,1,15-16,18H2,2-3H3,(H,29,32). The van der Waals surface area contributed by atoms with Crippen molar-refractivity contribution in [2.75, 3.05) is 27.4 Å². The molecule has 0 radical (unpaired) electrons. The minimum absolute atomic E-state index is 0.207. The highest BCUT2D eigenvalue weighted by atomic mass is 32.2. The molecule has 0 fully saturated rings. The van der Waals surface area contributed by atoms with Crippen LogP contribution in [0.2, 0.25) is 0 Å². The zero-order chi connectivity index (χ0) is 25.5. The summed E-state index contributed by atoms with van der Waals surface area (Å²) in [6.07, 6.45) is 1.80. The van der Waals surface area contributed by atoms with Crippen LogP contribution in [0, 0.1) is 0 Å². The van der Waals surface area contributed by atoms with Crippen LogP contribution in [0.25, 0.3) is 22.7 Å². The molecule has 1 heterocycles. The maximum absolute atomic E-state index is 13.6. The van der Waals surface area contributed by atoms with Gasteiger partial charge in [0.1, 0.15) is 5.75 Å². The SMILES string of the molecule is C=Cc1ccc(CSc2nc3cc(C(=O)NCCOC)ccc3c(=O)n2-c2ccc(OC)cc2)cc1. The van der Waals surface area contributed by atoms with E-state index in [9.17, 15) is 9.59 Å². The zero-order valence-electron chi connectivity index (χ0n) is 20.2. The summed E-state index contributed by atoms with van der Waals surface area (Å²) in [6, 6.07) is 20.3. The fourth-order valence-electron chi connectivity index (χ4n) is 3.63. The minimum Gasteiger partial charge on any atom is -0.497 e. The number of hydrogen-bond donors (Lipinski definition) is 1. The molecule has 1 amide bonds. The Morgan fingerprint density at radius 2 is 1.83 bits per heavy atom. The number of rotatable bonds is 10. The Kier molecular flexibility index (Phi) is 8.20. The minimum atomic E-state index is -0.244. The van der Waals surface area contributed by atoms with Crippen molar-refractivity contribution in [2.45, 2.75) is 10.9 Å². The lowest BCUT2D eigenvalue weighted by atomic mass is 10.1. The molecular formula is C28H27N3O4S. The van der Waals surface area contributed by atoms with Gasteiger partial charge in [0.25, 0.3) is 11.5 Å². The van der Waals surface area contributed by atoms with Gasteiger partial charge < -0.3 is 14.8 Å². The van der Waals surface area contributed by atoms with Crippen molar-refractivity contribution in [1.82, 2.24) is 14.9 Å². The number of carbonyl (C=O) groups excluding carboxylic acids is 1. The molecule has 0 aliphatic carbocycles. The van der Waals surface area contributed by atoms with E-state index in [4.69, 9.17) is 14.5 Å². The monoisotopic (exact) mass is 501 g/mol. The van der Waals surface area contributed by atoms with Crippen molar-refractivity contribution in [3.8, 4) is 11.4 Å². The van der Waals surface area contributed by atoms with Gasteiger partial charge >= 0.3 is 0 Å². The van der Waals surface area contributed by atoms with Gasteiger partial charge in [-0.1, -0.05) is 48.7 Å². The second kappa shape index (κ2) is 11.7. The maximum Gasteiger partial charge on any atom is 0.266 e. The molecule has 0 spiro atoms. The Labute approximate surface area is 213 Å². The molecule has 3 aromatic carbocycles. The number of aromatic nitrogens is 2. The molecule has 0 saturated carbocycles. The highest BCUT2D eigenvalue weighted by Crippen LogP contribution is 2.26. The number of nitrogens with one attached hydrogen (secondary N) is 1. The first-order valence-electron chi connectivity index (χ1n) is 11.4. The van der Waals surface area contributed by atoms with Gasteiger partial charge in [0.2, 0.25) is 0 Å². The molecular weight excluding hydrogens is 474 g/mol. The summed E-state index contributed by atoms with van der Waals surface area (Å²) in [7, 11) is 3.17. The zero-order valence-corrected chi connectivity index (χ0v) is 21.0. The smallest absolute Gasteiger partial charge is 0.266 e. The summed E-state index contributed by atoms with van der Waals surface area (Å²) in [6.45, 7) is 4.60. The lowest BCUT2D eigenvalue weighted by Gasteiger charge is -2.14. The summed E-state index contributed by atoms with van der Waals surface area (Å²) in [4.78, 5) is 31.0. The van der Waals surface area contributed by atoms with Crippen molar-refractivity contribution >= 4 is 34.6 Å². The molecule has 36 heavy (non-hydrogen) atoms. The van der Waals surface area contributed by atoms with E-state index in [1.165, 1.54) is 11.8 Å². The molecule has 184 valence electrons. The normalized spacial score (nSPS) is 10.8. The summed E-state index contributed by atoms with van der Waals surface area (Å²) >= 11 is 1.46. The van der Waals surface area contributed by atoms with E-state index in [1.54, 1.807) is 43.1 Å². The number of fused-ring (bicyclic) bond motifs is 1. The summed E-state index contributed by atoms with van der Waals surface area (Å²) in [5.74, 6) is 1.07. The Hall–Kier alpha value is -3.88. The van der Waals surface area contributed by atoms with Gasteiger partial charge in [0.15, 0.2) is 5.16 Å². The van der Waals surface area contributed by atoms with Gasteiger partial charge in [0, 0.05) is 25.0 Å². The topological polar surface area (TPSA) is 82.5 Å². The van der Waals surface area contributed by atoms with Gasteiger partial charge in [-0.25, -0.2) is 4.98 Å².